The topological polar surface area (TPSA) is 59.1 Å². The number of aliphatic hydroxyl groups is 1. The summed E-state index contributed by atoms with van der Waals surface area (Å²) in [7, 11) is 0. The third kappa shape index (κ3) is 1.88. The zero-order valence-electron chi connectivity index (χ0n) is 7.80. The number of rotatable bonds is 3. The SMILES string of the molecule is Cc1cnc(CO)c(C(F)F)c1CN. The van der Waals surface area contributed by atoms with Crippen LogP contribution in [-0.4, -0.2) is 10.1 Å². The van der Waals surface area contributed by atoms with Gasteiger partial charge in [-0.25, -0.2) is 8.78 Å². The van der Waals surface area contributed by atoms with E-state index < -0.39 is 13.0 Å². The van der Waals surface area contributed by atoms with Crippen molar-refractivity contribution in [2.75, 3.05) is 0 Å². The van der Waals surface area contributed by atoms with Crippen LogP contribution in [0.4, 0.5) is 8.78 Å². The zero-order valence-corrected chi connectivity index (χ0v) is 7.80. The van der Waals surface area contributed by atoms with Gasteiger partial charge in [0.1, 0.15) is 0 Å². The minimum Gasteiger partial charge on any atom is -0.390 e. The van der Waals surface area contributed by atoms with E-state index in [4.69, 9.17) is 10.8 Å². The Kier molecular flexibility index (Phi) is 3.49. The van der Waals surface area contributed by atoms with Crippen molar-refractivity contribution in [3.63, 3.8) is 0 Å². The van der Waals surface area contributed by atoms with Crippen molar-refractivity contribution < 1.29 is 13.9 Å². The van der Waals surface area contributed by atoms with Crippen molar-refractivity contribution in [1.29, 1.82) is 0 Å². The third-order valence-corrected chi connectivity index (χ3v) is 2.10. The summed E-state index contributed by atoms with van der Waals surface area (Å²) >= 11 is 0. The Bertz CT molecular complexity index is 329. The van der Waals surface area contributed by atoms with Crippen LogP contribution >= 0.6 is 0 Å². The van der Waals surface area contributed by atoms with Gasteiger partial charge >= 0.3 is 0 Å². The van der Waals surface area contributed by atoms with Crippen LogP contribution in [0.15, 0.2) is 6.20 Å². The van der Waals surface area contributed by atoms with Gasteiger partial charge < -0.3 is 10.8 Å². The number of pyridine rings is 1. The molecule has 0 radical (unpaired) electrons. The van der Waals surface area contributed by atoms with Crippen LogP contribution in [-0.2, 0) is 13.2 Å². The molecule has 14 heavy (non-hydrogen) atoms. The zero-order chi connectivity index (χ0) is 10.7. The van der Waals surface area contributed by atoms with Gasteiger partial charge in [-0.15, -0.1) is 0 Å². The molecule has 0 unspecified atom stereocenters. The predicted molar refractivity (Wildman–Crippen MR) is 47.7 cm³/mol. The molecule has 1 heterocycles. The average Bonchev–Trinajstić information content (AvgIpc) is 2.17. The van der Waals surface area contributed by atoms with Gasteiger partial charge in [0.15, 0.2) is 0 Å². The lowest BCUT2D eigenvalue weighted by Crippen LogP contribution is -2.09. The Balaban J connectivity index is 3.36. The molecular weight excluding hydrogens is 190 g/mol. The molecule has 0 fully saturated rings. The highest BCUT2D eigenvalue weighted by Gasteiger charge is 2.19. The quantitative estimate of drug-likeness (QED) is 0.776. The number of aliphatic hydroxyl groups excluding tert-OH is 1. The molecule has 0 aliphatic heterocycles. The molecule has 0 aromatic carbocycles. The van der Waals surface area contributed by atoms with Crippen molar-refractivity contribution in [3.8, 4) is 0 Å². The number of nitrogens with two attached hydrogens (primary N) is 1. The molecule has 0 bridgehead atoms. The Hall–Kier alpha value is -1.07. The van der Waals surface area contributed by atoms with Crippen molar-refractivity contribution >= 4 is 0 Å². The molecule has 0 amide bonds. The largest absolute Gasteiger partial charge is 0.390 e. The molecule has 3 nitrogen and oxygen atoms in total. The fraction of sp³-hybridized carbons (Fsp3) is 0.444. The molecule has 3 N–H and O–H groups in total. The van der Waals surface area contributed by atoms with Crippen LogP contribution in [0.3, 0.4) is 0 Å². The molecule has 0 atom stereocenters. The van der Waals surface area contributed by atoms with E-state index in [0.29, 0.717) is 11.1 Å². The van der Waals surface area contributed by atoms with Gasteiger partial charge in [-0.1, -0.05) is 0 Å². The lowest BCUT2D eigenvalue weighted by Gasteiger charge is -2.13. The molecule has 1 aromatic rings. The first-order chi connectivity index (χ1) is 6.61. The summed E-state index contributed by atoms with van der Waals surface area (Å²) in [6.07, 6.45) is -1.21. The Labute approximate surface area is 80.6 Å². The molecular formula is C9H12F2N2O. The first-order valence-corrected chi connectivity index (χ1v) is 4.18. The van der Waals surface area contributed by atoms with Crippen molar-refractivity contribution in [2.24, 2.45) is 5.73 Å². The second-order valence-corrected chi connectivity index (χ2v) is 2.94. The number of hydrogen-bond acceptors (Lipinski definition) is 3. The number of aryl methyl sites for hydroxylation is 1. The highest BCUT2D eigenvalue weighted by atomic mass is 19.3. The standard InChI is InChI=1S/C9H12F2N2O/c1-5-3-13-7(4-14)8(9(10)11)6(5)2-12/h3,9,14H,2,4,12H2,1H3. The van der Waals surface area contributed by atoms with Crippen molar-refractivity contribution in [1.82, 2.24) is 4.98 Å². The van der Waals surface area contributed by atoms with E-state index in [9.17, 15) is 8.78 Å². The number of alkyl halides is 2. The van der Waals surface area contributed by atoms with Gasteiger partial charge in [-0.2, -0.15) is 0 Å². The number of nitrogens with zero attached hydrogens (tertiary/aromatic N) is 1. The van der Waals surface area contributed by atoms with E-state index in [-0.39, 0.29) is 17.8 Å². The number of hydrogen-bond donors (Lipinski definition) is 2. The summed E-state index contributed by atoms with van der Waals surface area (Å²) in [5, 5.41) is 8.84. The summed E-state index contributed by atoms with van der Waals surface area (Å²) in [4.78, 5) is 3.74. The highest BCUT2D eigenvalue weighted by Crippen LogP contribution is 2.27. The van der Waals surface area contributed by atoms with E-state index in [1.54, 1.807) is 6.92 Å². The highest BCUT2D eigenvalue weighted by molar-refractivity contribution is 5.36. The van der Waals surface area contributed by atoms with E-state index in [1.165, 1.54) is 6.20 Å². The van der Waals surface area contributed by atoms with E-state index >= 15 is 0 Å². The Morgan fingerprint density at radius 2 is 2.21 bits per heavy atom. The molecule has 78 valence electrons. The number of aromatic nitrogens is 1. The molecule has 0 aliphatic rings. The van der Waals surface area contributed by atoms with Crippen LogP contribution < -0.4 is 5.73 Å². The summed E-state index contributed by atoms with van der Waals surface area (Å²) < 4.78 is 25.3. The molecule has 0 saturated carbocycles. The second-order valence-electron chi connectivity index (χ2n) is 2.94. The smallest absolute Gasteiger partial charge is 0.266 e. The van der Waals surface area contributed by atoms with Gasteiger partial charge in [0.05, 0.1) is 12.3 Å². The summed E-state index contributed by atoms with van der Waals surface area (Å²) in [5.41, 5.74) is 6.15. The van der Waals surface area contributed by atoms with Gasteiger partial charge in [-0.05, 0) is 18.1 Å². The normalized spacial score (nSPS) is 11.0. The maximum absolute atomic E-state index is 12.6. The number of halogens is 2. The minimum absolute atomic E-state index is 0.00560. The van der Waals surface area contributed by atoms with Gasteiger partial charge in [-0.3, -0.25) is 4.98 Å². The molecule has 0 spiro atoms. The van der Waals surface area contributed by atoms with E-state index in [0.717, 1.165) is 0 Å². The first-order valence-electron chi connectivity index (χ1n) is 4.18. The summed E-state index contributed by atoms with van der Waals surface area (Å²) in [6, 6.07) is 0. The van der Waals surface area contributed by atoms with Crippen LogP contribution in [0, 0.1) is 6.92 Å². The van der Waals surface area contributed by atoms with E-state index in [1.807, 2.05) is 0 Å². The first kappa shape index (κ1) is 11.0. The van der Waals surface area contributed by atoms with Crippen molar-refractivity contribution in [3.05, 3.63) is 28.6 Å². The van der Waals surface area contributed by atoms with Crippen LogP contribution in [0.2, 0.25) is 0 Å². The Morgan fingerprint density at radius 3 is 2.64 bits per heavy atom. The lowest BCUT2D eigenvalue weighted by atomic mass is 10.0. The maximum Gasteiger partial charge on any atom is 0.266 e. The molecule has 0 aliphatic carbocycles. The molecule has 1 rings (SSSR count). The van der Waals surface area contributed by atoms with Crippen LogP contribution in [0.25, 0.3) is 0 Å². The predicted octanol–water partition coefficient (Wildman–Crippen LogP) is 1.28. The van der Waals surface area contributed by atoms with Crippen LogP contribution in [0.5, 0.6) is 0 Å². The monoisotopic (exact) mass is 202 g/mol. The third-order valence-electron chi connectivity index (χ3n) is 2.10. The minimum atomic E-state index is -2.65. The Morgan fingerprint density at radius 1 is 1.57 bits per heavy atom. The van der Waals surface area contributed by atoms with Gasteiger partial charge in [0.2, 0.25) is 0 Å². The lowest BCUT2D eigenvalue weighted by molar-refractivity contribution is 0.144. The molecule has 1 aromatic heterocycles. The van der Waals surface area contributed by atoms with Crippen LogP contribution in [0.1, 0.15) is 28.8 Å². The maximum atomic E-state index is 12.6. The second kappa shape index (κ2) is 4.43. The fourth-order valence-corrected chi connectivity index (χ4v) is 1.36. The fourth-order valence-electron chi connectivity index (χ4n) is 1.36. The van der Waals surface area contributed by atoms with E-state index in [2.05, 4.69) is 4.98 Å². The summed E-state index contributed by atoms with van der Waals surface area (Å²) in [6.45, 7) is 1.20. The van der Waals surface area contributed by atoms with Gasteiger partial charge in [0, 0.05) is 18.3 Å². The molecule has 5 heteroatoms. The average molecular weight is 202 g/mol. The molecule has 0 saturated heterocycles. The summed E-state index contributed by atoms with van der Waals surface area (Å²) in [5.74, 6) is 0. The van der Waals surface area contributed by atoms with Gasteiger partial charge in [0.25, 0.3) is 6.43 Å². The van der Waals surface area contributed by atoms with Crippen molar-refractivity contribution in [2.45, 2.75) is 26.5 Å².